The first-order chi connectivity index (χ1) is 5.00. The molecular weight excluding hydrogens is 178 g/mol. The van der Waals surface area contributed by atoms with E-state index in [1.165, 1.54) is 12.1 Å². The molecule has 1 rings (SSSR count). The van der Waals surface area contributed by atoms with Gasteiger partial charge in [-0.05, 0) is 19.1 Å². The third-order valence-electron chi connectivity index (χ3n) is 1.31. The highest BCUT2D eigenvalue weighted by Gasteiger charge is 1.97. The maximum absolute atomic E-state index is 10.4. The van der Waals surface area contributed by atoms with E-state index < -0.39 is 10.1 Å². The summed E-state index contributed by atoms with van der Waals surface area (Å²) >= 11 is 0. The third kappa shape index (κ3) is 2.61. The van der Waals surface area contributed by atoms with Gasteiger partial charge in [-0.15, -0.1) is 0 Å². The van der Waals surface area contributed by atoms with Crippen LogP contribution in [0, 0.1) is 6.92 Å². The van der Waals surface area contributed by atoms with Crippen LogP contribution in [-0.4, -0.2) is 13.0 Å². The molecule has 0 aliphatic heterocycles. The quantitative estimate of drug-likeness (QED) is 0.674. The summed E-state index contributed by atoms with van der Waals surface area (Å²) in [5.41, 5.74) is 0.928. The van der Waals surface area contributed by atoms with Crippen LogP contribution in [0.25, 0.3) is 0 Å². The zero-order valence-electron chi connectivity index (χ0n) is 6.94. The van der Waals surface area contributed by atoms with Crippen molar-refractivity contribution in [3.63, 3.8) is 0 Å². The predicted octanol–water partition coefficient (Wildman–Crippen LogP) is 1.28. The molecule has 0 spiro atoms. The van der Waals surface area contributed by atoms with Crippen LogP contribution in [0.2, 0.25) is 0 Å². The molecule has 68 valence electrons. The highest BCUT2D eigenvalue weighted by molar-refractivity contribution is 7.85. The second-order valence-electron chi connectivity index (χ2n) is 2.27. The summed E-state index contributed by atoms with van der Waals surface area (Å²) in [6.45, 7) is 1.82. The lowest BCUT2D eigenvalue weighted by molar-refractivity contribution is 0.463. The first kappa shape index (κ1) is 11.1. The third-order valence-corrected chi connectivity index (χ3v) is 2.16. The zero-order valence-corrected chi connectivity index (χ0v) is 7.76. The van der Waals surface area contributed by atoms with Crippen LogP contribution in [0.15, 0.2) is 29.2 Å². The van der Waals surface area contributed by atoms with Gasteiger partial charge >= 0.3 is 0 Å². The Kier molecular flexibility index (Phi) is 3.38. The van der Waals surface area contributed by atoms with Crippen LogP contribution in [-0.2, 0) is 10.1 Å². The van der Waals surface area contributed by atoms with E-state index in [1.807, 2.05) is 6.92 Å². The highest BCUT2D eigenvalue weighted by Crippen LogP contribution is 2.08. The van der Waals surface area contributed by atoms with E-state index in [0.29, 0.717) is 0 Å². The Morgan fingerprint density at radius 2 is 1.58 bits per heavy atom. The average molecular weight is 189 g/mol. The van der Waals surface area contributed by atoms with Gasteiger partial charge in [-0.25, -0.2) is 8.42 Å². The summed E-state index contributed by atoms with van der Waals surface area (Å²) in [5, 5.41) is 0. The fourth-order valence-electron chi connectivity index (χ4n) is 0.705. The molecule has 0 bridgehead atoms. The number of hydrogen-bond donors (Lipinski definition) is 1. The van der Waals surface area contributed by atoms with Crippen molar-refractivity contribution in [2.75, 3.05) is 0 Å². The molecule has 0 aliphatic carbocycles. The Hall–Kier alpha value is -0.910. The molecule has 0 heterocycles. The van der Waals surface area contributed by atoms with Crippen LogP contribution in [0.3, 0.4) is 0 Å². The van der Waals surface area contributed by atoms with Crippen molar-refractivity contribution in [3.8, 4) is 0 Å². The van der Waals surface area contributed by atoms with E-state index >= 15 is 0 Å². The number of benzene rings is 1. The van der Waals surface area contributed by atoms with E-state index in [4.69, 9.17) is 0 Å². The van der Waals surface area contributed by atoms with Crippen molar-refractivity contribution < 1.29 is 13.0 Å². The van der Waals surface area contributed by atoms with Crippen molar-refractivity contribution in [1.82, 2.24) is 6.15 Å². The summed E-state index contributed by atoms with van der Waals surface area (Å²) < 4.78 is 31.2. The second kappa shape index (κ2) is 3.66. The lowest BCUT2D eigenvalue weighted by Gasteiger charge is -2.05. The molecule has 0 fully saturated rings. The van der Waals surface area contributed by atoms with E-state index in [-0.39, 0.29) is 11.0 Å². The minimum Gasteiger partial charge on any atom is -0.744 e. The lowest BCUT2D eigenvalue weighted by atomic mass is 10.2. The molecule has 1 aromatic carbocycles. The second-order valence-corrected chi connectivity index (χ2v) is 3.65. The van der Waals surface area contributed by atoms with Gasteiger partial charge in [-0.1, -0.05) is 17.7 Å². The molecule has 0 radical (unpaired) electrons. The van der Waals surface area contributed by atoms with Crippen molar-refractivity contribution in [1.29, 1.82) is 0 Å². The molecule has 4 N–H and O–H groups in total. The Morgan fingerprint density at radius 3 is 1.92 bits per heavy atom. The summed E-state index contributed by atoms with van der Waals surface area (Å²) in [7, 11) is -4.27. The lowest BCUT2D eigenvalue weighted by Crippen LogP contribution is -1.97. The van der Waals surface area contributed by atoms with E-state index in [9.17, 15) is 13.0 Å². The molecular formula is C7H11NO3S. The summed E-state index contributed by atoms with van der Waals surface area (Å²) in [4.78, 5) is -0.178. The molecule has 12 heavy (non-hydrogen) atoms. The van der Waals surface area contributed by atoms with E-state index in [2.05, 4.69) is 0 Å². The molecule has 0 atom stereocenters. The van der Waals surface area contributed by atoms with Crippen LogP contribution in [0.5, 0.6) is 0 Å². The predicted molar refractivity (Wildman–Crippen MR) is 45.1 cm³/mol. The average Bonchev–Trinajstić information content (AvgIpc) is 1.86. The van der Waals surface area contributed by atoms with Crippen LogP contribution in [0.4, 0.5) is 0 Å². The summed E-state index contributed by atoms with van der Waals surface area (Å²) in [6, 6.07) is 5.78. The van der Waals surface area contributed by atoms with Gasteiger partial charge < -0.3 is 10.7 Å². The SMILES string of the molecule is Cc1ccc(S(=O)(=O)[O-])cc1.[NH4+]. The van der Waals surface area contributed by atoms with Gasteiger partial charge in [-0.3, -0.25) is 0 Å². The monoisotopic (exact) mass is 189 g/mol. The Bertz CT molecular complexity index is 341. The van der Waals surface area contributed by atoms with Gasteiger partial charge in [0.25, 0.3) is 0 Å². The van der Waals surface area contributed by atoms with E-state index in [0.717, 1.165) is 5.56 Å². The van der Waals surface area contributed by atoms with Gasteiger partial charge in [0.15, 0.2) is 0 Å². The van der Waals surface area contributed by atoms with Crippen molar-refractivity contribution in [3.05, 3.63) is 29.8 Å². The molecule has 0 aromatic heterocycles. The Morgan fingerprint density at radius 1 is 1.17 bits per heavy atom. The standard InChI is InChI=1S/C7H8O3S.H3N/c1-6-2-4-7(5-3-6)11(8,9)10;/h2-5H,1H3,(H,8,9,10);1H3. The fourth-order valence-corrected chi connectivity index (χ4v) is 1.17. The molecule has 5 heteroatoms. The Balaban J connectivity index is 0.00000121. The van der Waals surface area contributed by atoms with E-state index in [1.54, 1.807) is 12.1 Å². The maximum Gasteiger partial charge on any atom is 0.124 e. The zero-order chi connectivity index (χ0) is 8.48. The van der Waals surface area contributed by atoms with Crippen molar-refractivity contribution in [2.24, 2.45) is 0 Å². The normalized spacial score (nSPS) is 10.5. The number of hydrogen-bond acceptors (Lipinski definition) is 3. The molecule has 1 aromatic rings. The smallest absolute Gasteiger partial charge is 0.124 e. The topological polar surface area (TPSA) is 93.7 Å². The van der Waals surface area contributed by atoms with Gasteiger partial charge in [0.1, 0.15) is 10.1 Å². The highest BCUT2D eigenvalue weighted by atomic mass is 32.2. The Labute approximate surface area is 71.6 Å². The maximum atomic E-state index is 10.4. The van der Waals surface area contributed by atoms with Gasteiger partial charge in [0.05, 0.1) is 4.90 Å². The minimum atomic E-state index is -4.27. The first-order valence-corrected chi connectivity index (χ1v) is 4.43. The molecule has 0 saturated heterocycles. The molecule has 0 aliphatic rings. The van der Waals surface area contributed by atoms with Crippen molar-refractivity contribution >= 4 is 10.1 Å². The van der Waals surface area contributed by atoms with Gasteiger partial charge in [0.2, 0.25) is 0 Å². The van der Waals surface area contributed by atoms with Gasteiger partial charge in [0, 0.05) is 0 Å². The van der Waals surface area contributed by atoms with Crippen LogP contribution in [0.1, 0.15) is 5.56 Å². The fraction of sp³-hybridized carbons (Fsp3) is 0.143. The molecule has 0 unspecified atom stereocenters. The summed E-state index contributed by atoms with van der Waals surface area (Å²) in [5.74, 6) is 0. The number of quaternary nitrogens is 1. The molecule has 0 amide bonds. The van der Waals surface area contributed by atoms with Crippen molar-refractivity contribution in [2.45, 2.75) is 11.8 Å². The molecule has 0 saturated carbocycles. The van der Waals surface area contributed by atoms with Gasteiger partial charge in [-0.2, -0.15) is 0 Å². The minimum absolute atomic E-state index is 0. The number of aryl methyl sites for hydroxylation is 1. The van der Waals surface area contributed by atoms with Crippen LogP contribution >= 0.6 is 0 Å². The molecule has 4 nitrogen and oxygen atoms in total. The number of rotatable bonds is 1. The van der Waals surface area contributed by atoms with Crippen LogP contribution < -0.4 is 6.15 Å². The largest absolute Gasteiger partial charge is 0.744 e. The first-order valence-electron chi connectivity index (χ1n) is 3.03. The summed E-state index contributed by atoms with van der Waals surface area (Å²) in [6.07, 6.45) is 0.